The summed E-state index contributed by atoms with van der Waals surface area (Å²) in [5, 5.41) is 7.21. The smallest absolute Gasteiger partial charge is 0.290 e. The maximum Gasteiger partial charge on any atom is 0.290 e. The predicted octanol–water partition coefficient (Wildman–Crippen LogP) is 3.71. The van der Waals surface area contributed by atoms with E-state index in [4.69, 9.17) is 26.3 Å². The standard InChI is InChI=1S/C18H18ClN3O3/c1-18(2,20)16-9-15(25-22-16)17(23)21-10-13-7-8-14(24-13)11-3-5-12(19)6-4-11/h3-9H,10,20H2,1-2H3,(H,21,23). The van der Waals surface area contributed by atoms with E-state index in [2.05, 4.69) is 10.5 Å². The van der Waals surface area contributed by atoms with Gasteiger partial charge in [-0.1, -0.05) is 16.8 Å². The first kappa shape index (κ1) is 17.3. The maximum absolute atomic E-state index is 12.1. The highest BCUT2D eigenvalue weighted by Gasteiger charge is 2.22. The number of nitrogens with two attached hydrogens (primary N) is 1. The SMILES string of the molecule is CC(C)(N)c1cc(C(=O)NCc2ccc(-c3ccc(Cl)cc3)o2)on1. The molecule has 6 nitrogen and oxygen atoms in total. The molecule has 130 valence electrons. The van der Waals surface area contributed by atoms with Gasteiger partial charge in [0.15, 0.2) is 0 Å². The van der Waals surface area contributed by atoms with Gasteiger partial charge in [-0.05, 0) is 50.2 Å². The van der Waals surface area contributed by atoms with Crippen LogP contribution >= 0.6 is 11.6 Å². The van der Waals surface area contributed by atoms with Crippen molar-refractivity contribution in [2.45, 2.75) is 25.9 Å². The molecule has 3 aromatic rings. The van der Waals surface area contributed by atoms with E-state index in [-0.39, 0.29) is 18.2 Å². The number of hydrogen-bond acceptors (Lipinski definition) is 5. The molecule has 2 aromatic heterocycles. The van der Waals surface area contributed by atoms with Crippen LogP contribution in [-0.4, -0.2) is 11.1 Å². The molecule has 0 unspecified atom stereocenters. The van der Waals surface area contributed by atoms with Crippen LogP contribution in [0.5, 0.6) is 0 Å². The molecule has 0 aliphatic heterocycles. The summed E-state index contributed by atoms with van der Waals surface area (Å²) in [6.07, 6.45) is 0. The van der Waals surface area contributed by atoms with Gasteiger partial charge in [-0.3, -0.25) is 4.79 Å². The fourth-order valence-corrected chi connectivity index (χ4v) is 2.31. The molecule has 0 spiro atoms. The van der Waals surface area contributed by atoms with E-state index in [9.17, 15) is 4.79 Å². The summed E-state index contributed by atoms with van der Waals surface area (Å²) in [4.78, 5) is 12.1. The Morgan fingerprint density at radius 1 is 1.24 bits per heavy atom. The van der Waals surface area contributed by atoms with Gasteiger partial charge in [-0.15, -0.1) is 0 Å². The van der Waals surface area contributed by atoms with E-state index in [1.54, 1.807) is 32.0 Å². The minimum absolute atomic E-state index is 0.109. The van der Waals surface area contributed by atoms with E-state index in [0.717, 1.165) is 5.56 Å². The lowest BCUT2D eigenvalue weighted by atomic mass is 10.0. The number of halogens is 1. The minimum Gasteiger partial charge on any atom is -0.459 e. The molecule has 3 rings (SSSR count). The summed E-state index contributed by atoms with van der Waals surface area (Å²) in [5.74, 6) is 1.05. The second-order valence-corrected chi connectivity index (χ2v) is 6.69. The summed E-state index contributed by atoms with van der Waals surface area (Å²) in [6.45, 7) is 3.80. The van der Waals surface area contributed by atoms with Gasteiger partial charge in [0.05, 0.1) is 12.1 Å². The first-order valence-corrected chi connectivity index (χ1v) is 8.09. The maximum atomic E-state index is 12.1. The van der Waals surface area contributed by atoms with Gasteiger partial charge in [0.2, 0.25) is 5.76 Å². The number of nitrogens with one attached hydrogen (secondary N) is 1. The predicted molar refractivity (Wildman–Crippen MR) is 94.0 cm³/mol. The van der Waals surface area contributed by atoms with Crippen molar-refractivity contribution in [3.63, 3.8) is 0 Å². The van der Waals surface area contributed by atoms with Crippen LogP contribution in [0.1, 0.15) is 35.9 Å². The van der Waals surface area contributed by atoms with Crippen molar-refractivity contribution in [1.82, 2.24) is 10.5 Å². The zero-order valence-corrected chi connectivity index (χ0v) is 14.6. The first-order valence-electron chi connectivity index (χ1n) is 7.72. The summed E-state index contributed by atoms with van der Waals surface area (Å²) < 4.78 is 10.8. The molecule has 1 aromatic carbocycles. The number of nitrogens with zero attached hydrogens (tertiary/aromatic N) is 1. The molecule has 0 radical (unpaired) electrons. The summed E-state index contributed by atoms with van der Waals surface area (Å²) in [7, 11) is 0. The van der Waals surface area contributed by atoms with Gasteiger partial charge in [0, 0.05) is 16.7 Å². The van der Waals surface area contributed by atoms with Crippen molar-refractivity contribution in [2.75, 3.05) is 0 Å². The van der Waals surface area contributed by atoms with Crippen LogP contribution in [0.4, 0.5) is 0 Å². The lowest BCUT2D eigenvalue weighted by molar-refractivity contribution is 0.0911. The highest BCUT2D eigenvalue weighted by Crippen LogP contribution is 2.24. The molecule has 25 heavy (non-hydrogen) atoms. The molecule has 0 saturated carbocycles. The third-order valence-corrected chi connectivity index (χ3v) is 3.86. The van der Waals surface area contributed by atoms with Gasteiger partial charge in [-0.25, -0.2) is 0 Å². The molecule has 3 N–H and O–H groups in total. The molecule has 0 aliphatic rings. The summed E-state index contributed by atoms with van der Waals surface area (Å²) in [6, 6.07) is 12.5. The Kier molecular flexibility index (Phi) is 4.65. The van der Waals surface area contributed by atoms with Crippen LogP contribution in [0, 0.1) is 0 Å². The number of furan rings is 1. The average molecular weight is 360 g/mol. The normalized spacial score (nSPS) is 11.5. The number of rotatable bonds is 5. The molecule has 0 atom stereocenters. The molecule has 2 heterocycles. The molecular weight excluding hydrogens is 342 g/mol. The highest BCUT2D eigenvalue weighted by atomic mass is 35.5. The molecule has 0 bridgehead atoms. The lowest BCUT2D eigenvalue weighted by Crippen LogP contribution is -2.29. The summed E-state index contributed by atoms with van der Waals surface area (Å²) in [5.41, 5.74) is 6.68. The molecule has 1 amide bonds. The monoisotopic (exact) mass is 359 g/mol. The highest BCUT2D eigenvalue weighted by molar-refractivity contribution is 6.30. The third-order valence-electron chi connectivity index (χ3n) is 3.61. The van der Waals surface area contributed by atoms with Gasteiger partial charge in [-0.2, -0.15) is 0 Å². The number of aromatic nitrogens is 1. The van der Waals surface area contributed by atoms with Crippen molar-refractivity contribution in [3.8, 4) is 11.3 Å². The van der Waals surface area contributed by atoms with Crippen molar-refractivity contribution in [3.05, 3.63) is 64.7 Å². The molecular formula is C18H18ClN3O3. The Hall–Kier alpha value is -2.57. The van der Waals surface area contributed by atoms with Crippen molar-refractivity contribution < 1.29 is 13.7 Å². The number of carbonyl (C=O) groups is 1. The van der Waals surface area contributed by atoms with Gasteiger partial charge in [0.25, 0.3) is 5.91 Å². The lowest BCUT2D eigenvalue weighted by Gasteiger charge is -2.12. The average Bonchev–Trinajstić information content (AvgIpc) is 3.22. The van der Waals surface area contributed by atoms with Crippen LogP contribution in [0.25, 0.3) is 11.3 Å². The van der Waals surface area contributed by atoms with Crippen molar-refractivity contribution in [2.24, 2.45) is 5.73 Å². The molecule has 0 saturated heterocycles. The Balaban J connectivity index is 1.63. The zero-order chi connectivity index (χ0) is 18.0. The van der Waals surface area contributed by atoms with Crippen LogP contribution in [0.3, 0.4) is 0 Å². The Morgan fingerprint density at radius 3 is 2.60 bits per heavy atom. The Bertz CT molecular complexity index is 876. The fraction of sp³-hybridized carbons (Fsp3) is 0.222. The topological polar surface area (TPSA) is 94.3 Å². The molecule has 0 fully saturated rings. The largest absolute Gasteiger partial charge is 0.459 e. The molecule has 0 aliphatic carbocycles. The number of hydrogen-bond donors (Lipinski definition) is 2. The zero-order valence-electron chi connectivity index (χ0n) is 13.9. The van der Waals surface area contributed by atoms with Crippen LogP contribution in [0.2, 0.25) is 5.02 Å². The van der Waals surface area contributed by atoms with Crippen LogP contribution in [0.15, 0.2) is 51.4 Å². The second kappa shape index (κ2) is 6.74. The summed E-state index contributed by atoms with van der Waals surface area (Å²) >= 11 is 5.88. The number of carbonyl (C=O) groups excluding carboxylic acids is 1. The van der Waals surface area contributed by atoms with Crippen LogP contribution in [-0.2, 0) is 12.1 Å². The first-order chi connectivity index (χ1) is 11.8. The fourth-order valence-electron chi connectivity index (χ4n) is 2.18. The van der Waals surface area contributed by atoms with Crippen molar-refractivity contribution in [1.29, 1.82) is 0 Å². The van der Waals surface area contributed by atoms with E-state index >= 15 is 0 Å². The van der Waals surface area contributed by atoms with E-state index < -0.39 is 5.54 Å². The Morgan fingerprint density at radius 2 is 1.96 bits per heavy atom. The van der Waals surface area contributed by atoms with E-state index in [1.807, 2.05) is 18.2 Å². The van der Waals surface area contributed by atoms with Gasteiger partial charge >= 0.3 is 0 Å². The van der Waals surface area contributed by atoms with Gasteiger partial charge < -0.3 is 20.0 Å². The second-order valence-electron chi connectivity index (χ2n) is 6.25. The van der Waals surface area contributed by atoms with Gasteiger partial charge in [0.1, 0.15) is 17.2 Å². The Labute approximate surface area is 149 Å². The quantitative estimate of drug-likeness (QED) is 0.724. The molecule has 7 heteroatoms. The van der Waals surface area contributed by atoms with Crippen molar-refractivity contribution >= 4 is 17.5 Å². The van der Waals surface area contributed by atoms with E-state index in [0.29, 0.717) is 22.2 Å². The van der Waals surface area contributed by atoms with E-state index in [1.165, 1.54) is 6.07 Å². The third kappa shape index (κ3) is 4.10. The van der Waals surface area contributed by atoms with Crippen LogP contribution < -0.4 is 11.1 Å². The number of benzene rings is 1. The number of amides is 1. The minimum atomic E-state index is -0.670.